The molecule has 0 fully saturated rings. The molecule has 0 amide bonds. The molecule has 0 aliphatic rings. The number of nitrogens with one attached hydrogen (secondary N) is 1. The van der Waals surface area contributed by atoms with E-state index in [0.717, 1.165) is 17.7 Å². The fourth-order valence-electron chi connectivity index (χ4n) is 2.66. The van der Waals surface area contributed by atoms with Crippen LogP contribution < -0.4 is 16.0 Å². The summed E-state index contributed by atoms with van der Waals surface area (Å²) in [5.41, 5.74) is 5.25. The second-order valence-corrected chi connectivity index (χ2v) is 4.96. The van der Waals surface area contributed by atoms with Gasteiger partial charge in [-0.1, -0.05) is 37.3 Å². The van der Waals surface area contributed by atoms with E-state index in [1.165, 1.54) is 5.56 Å². The summed E-state index contributed by atoms with van der Waals surface area (Å²) in [5.74, 6) is 6.89. The van der Waals surface area contributed by atoms with Crippen LogP contribution in [0, 0.1) is 0 Å². The number of nitrogens with two attached hydrogens (primary N) is 1. The van der Waals surface area contributed by atoms with Gasteiger partial charge in [-0.15, -0.1) is 0 Å². The summed E-state index contributed by atoms with van der Waals surface area (Å²) >= 11 is 0. The van der Waals surface area contributed by atoms with Crippen molar-refractivity contribution in [1.29, 1.82) is 0 Å². The SMILES string of the molecule is CCOc1cncc(C(NN)C(CC)c2ccccc2)c1. The topological polar surface area (TPSA) is 60.2 Å². The van der Waals surface area contributed by atoms with E-state index in [9.17, 15) is 0 Å². The molecule has 0 saturated carbocycles. The van der Waals surface area contributed by atoms with Crippen molar-refractivity contribution in [2.75, 3.05) is 6.61 Å². The molecular formula is C17H23N3O. The van der Waals surface area contributed by atoms with E-state index >= 15 is 0 Å². The lowest BCUT2D eigenvalue weighted by molar-refractivity contribution is 0.337. The first-order valence-electron chi connectivity index (χ1n) is 7.39. The second-order valence-electron chi connectivity index (χ2n) is 4.96. The molecule has 0 bridgehead atoms. The minimum absolute atomic E-state index is 0.00491. The third-order valence-corrected chi connectivity index (χ3v) is 3.65. The standard InChI is InChI=1S/C17H23N3O/c1-3-16(13-8-6-5-7-9-13)17(20-18)14-10-15(21-4-2)12-19-11-14/h5-12,16-17,20H,3-4,18H2,1-2H3. The maximum absolute atomic E-state index is 5.82. The van der Waals surface area contributed by atoms with Gasteiger partial charge in [-0.3, -0.25) is 16.3 Å². The quantitative estimate of drug-likeness (QED) is 0.606. The van der Waals surface area contributed by atoms with Crippen molar-refractivity contribution in [2.45, 2.75) is 32.2 Å². The Morgan fingerprint density at radius 3 is 2.52 bits per heavy atom. The van der Waals surface area contributed by atoms with Gasteiger partial charge in [-0.25, -0.2) is 0 Å². The Hall–Kier alpha value is -1.91. The maximum Gasteiger partial charge on any atom is 0.137 e. The minimum atomic E-state index is 0.00491. The zero-order valence-electron chi connectivity index (χ0n) is 12.6. The van der Waals surface area contributed by atoms with Gasteiger partial charge in [0.05, 0.1) is 18.8 Å². The number of nitrogens with zero attached hydrogens (tertiary/aromatic N) is 1. The molecule has 1 aromatic heterocycles. The summed E-state index contributed by atoms with van der Waals surface area (Å²) in [4.78, 5) is 4.26. The Morgan fingerprint density at radius 2 is 1.90 bits per heavy atom. The van der Waals surface area contributed by atoms with Crippen LogP contribution in [0.2, 0.25) is 0 Å². The molecule has 0 saturated heterocycles. The molecule has 112 valence electrons. The van der Waals surface area contributed by atoms with Crippen molar-refractivity contribution in [3.8, 4) is 5.75 Å². The third-order valence-electron chi connectivity index (χ3n) is 3.65. The predicted molar refractivity (Wildman–Crippen MR) is 84.9 cm³/mol. The lowest BCUT2D eigenvalue weighted by atomic mass is 9.86. The van der Waals surface area contributed by atoms with Crippen molar-refractivity contribution < 1.29 is 4.74 Å². The number of benzene rings is 1. The number of pyridine rings is 1. The summed E-state index contributed by atoms with van der Waals surface area (Å²) in [6.45, 7) is 4.76. The predicted octanol–water partition coefficient (Wildman–Crippen LogP) is 3.18. The molecule has 0 aliphatic carbocycles. The average molecular weight is 285 g/mol. The van der Waals surface area contributed by atoms with Crippen molar-refractivity contribution >= 4 is 0 Å². The molecule has 0 radical (unpaired) electrons. The molecule has 2 atom stereocenters. The number of ether oxygens (including phenoxy) is 1. The van der Waals surface area contributed by atoms with Crippen LogP contribution in [0.15, 0.2) is 48.8 Å². The highest BCUT2D eigenvalue weighted by molar-refractivity contribution is 5.30. The highest BCUT2D eigenvalue weighted by Crippen LogP contribution is 2.33. The summed E-state index contributed by atoms with van der Waals surface area (Å²) in [7, 11) is 0. The number of hydrogen-bond acceptors (Lipinski definition) is 4. The van der Waals surface area contributed by atoms with Crippen LogP contribution in [0.3, 0.4) is 0 Å². The maximum atomic E-state index is 5.82. The van der Waals surface area contributed by atoms with Crippen LogP contribution in [0.4, 0.5) is 0 Å². The number of aromatic nitrogens is 1. The zero-order valence-corrected chi connectivity index (χ0v) is 12.6. The summed E-state index contributed by atoms with van der Waals surface area (Å²) in [5, 5.41) is 0. The van der Waals surface area contributed by atoms with Crippen LogP contribution in [0.25, 0.3) is 0 Å². The number of hydrazine groups is 1. The zero-order chi connectivity index (χ0) is 15.1. The normalized spacial score (nSPS) is 13.7. The third kappa shape index (κ3) is 3.80. The first-order chi connectivity index (χ1) is 10.3. The molecule has 1 heterocycles. The van der Waals surface area contributed by atoms with Gasteiger partial charge in [0.1, 0.15) is 5.75 Å². The van der Waals surface area contributed by atoms with Gasteiger partial charge in [-0.2, -0.15) is 0 Å². The first-order valence-corrected chi connectivity index (χ1v) is 7.39. The molecule has 2 rings (SSSR count). The van der Waals surface area contributed by atoms with Gasteiger partial charge >= 0.3 is 0 Å². The van der Waals surface area contributed by atoms with E-state index < -0.39 is 0 Å². The molecule has 3 N–H and O–H groups in total. The highest BCUT2D eigenvalue weighted by atomic mass is 16.5. The minimum Gasteiger partial charge on any atom is -0.492 e. The van der Waals surface area contributed by atoms with Crippen molar-refractivity contribution in [1.82, 2.24) is 10.4 Å². The highest BCUT2D eigenvalue weighted by Gasteiger charge is 2.23. The van der Waals surface area contributed by atoms with E-state index in [2.05, 4.69) is 41.6 Å². The lowest BCUT2D eigenvalue weighted by Gasteiger charge is -2.26. The van der Waals surface area contributed by atoms with Gasteiger partial charge in [0.2, 0.25) is 0 Å². The smallest absolute Gasteiger partial charge is 0.137 e. The van der Waals surface area contributed by atoms with E-state index in [1.54, 1.807) is 6.20 Å². The molecule has 4 nitrogen and oxygen atoms in total. The molecule has 2 unspecified atom stereocenters. The molecule has 21 heavy (non-hydrogen) atoms. The molecule has 0 aliphatic heterocycles. The molecule has 0 spiro atoms. The lowest BCUT2D eigenvalue weighted by Crippen LogP contribution is -2.32. The van der Waals surface area contributed by atoms with E-state index in [0.29, 0.717) is 6.61 Å². The van der Waals surface area contributed by atoms with Gasteiger partial charge < -0.3 is 4.74 Å². The van der Waals surface area contributed by atoms with Gasteiger partial charge in [0, 0.05) is 12.1 Å². The Bertz CT molecular complexity index is 545. The molecule has 2 aromatic rings. The fraction of sp³-hybridized carbons (Fsp3) is 0.353. The second kappa shape index (κ2) is 7.76. The van der Waals surface area contributed by atoms with Crippen LogP contribution in [-0.4, -0.2) is 11.6 Å². The summed E-state index contributed by atoms with van der Waals surface area (Å²) < 4.78 is 5.53. The van der Waals surface area contributed by atoms with Crippen molar-refractivity contribution in [2.24, 2.45) is 5.84 Å². The van der Waals surface area contributed by atoms with Crippen molar-refractivity contribution in [3.05, 3.63) is 59.9 Å². The van der Waals surface area contributed by atoms with Crippen LogP contribution in [0.5, 0.6) is 5.75 Å². The van der Waals surface area contributed by atoms with E-state index in [-0.39, 0.29) is 12.0 Å². The Labute approximate surface area is 126 Å². The Kier molecular flexibility index (Phi) is 5.72. The molecular weight excluding hydrogens is 262 g/mol. The molecule has 4 heteroatoms. The Morgan fingerprint density at radius 1 is 1.14 bits per heavy atom. The Balaban J connectivity index is 2.31. The van der Waals surface area contributed by atoms with Gasteiger partial charge in [-0.05, 0) is 30.5 Å². The van der Waals surface area contributed by atoms with Crippen LogP contribution in [-0.2, 0) is 0 Å². The van der Waals surface area contributed by atoms with Gasteiger partial charge in [0.15, 0.2) is 0 Å². The molecule has 1 aromatic carbocycles. The number of rotatable bonds is 7. The van der Waals surface area contributed by atoms with E-state index in [1.807, 2.05) is 25.3 Å². The van der Waals surface area contributed by atoms with E-state index in [4.69, 9.17) is 10.6 Å². The fourth-order valence-corrected chi connectivity index (χ4v) is 2.66. The first kappa shape index (κ1) is 15.5. The van der Waals surface area contributed by atoms with Crippen LogP contribution >= 0.6 is 0 Å². The van der Waals surface area contributed by atoms with Crippen molar-refractivity contribution in [3.63, 3.8) is 0 Å². The monoisotopic (exact) mass is 285 g/mol. The summed E-state index contributed by atoms with van der Waals surface area (Å²) in [6, 6.07) is 12.4. The average Bonchev–Trinajstić information content (AvgIpc) is 2.54. The largest absolute Gasteiger partial charge is 0.492 e. The van der Waals surface area contributed by atoms with Crippen LogP contribution in [0.1, 0.15) is 43.4 Å². The number of hydrogen-bond donors (Lipinski definition) is 2. The summed E-state index contributed by atoms with van der Waals surface area (Å²) in [6.07, 6.45) is 4.56. The van der Waals surface area contributed by atoms with Gasteiger partial charge in [0.25, 0.3) is 0 Å².